The van der Waals surface area contributed by atoms with Gasteiger partial charge in [-0.3, -0.25) is 0 Å². The quantitative estimate of drug-likeness (QED) is 0.290. The third-order valence-electron chi connectivity index (χ3n) is 6.05. The third kappa shape index (κ3) is 6.08. The molecule has 0 amide bonds. The highest BCUT2D eigenvalue weighted by atomic mass is 19.2. The zero-order valence-electron chi connectivity index (χ0n) is 19.0. The molecule has 0 bridgehead atoms. The average Bonchev–Trinajstić information content (AvgIpc) is 2.84. The molecule has 3 rings (SSSR count). The number of hydrogen-bond acceptors (Lipinski definition) is 3. The molecule has 0 aromatic heterocycles. The van der Waals surface area contributed by atoms with Crippen molar-refractivity contribution in [3.05, 3.63) is 95.7 Å². The summed E-state index contributed by atoms with van der Waals surface area (Å²) in [5.74, 6) is -2.32. The fraction of sp³-hybridized carbons (Fsp3) is 0.333. The summed E-state index contributed by atoms with van der Waals surface area (Å²) in [7, 11) is 3.07. The fourth-order valence-electron chi connectivity index (χ4n) is 4.01. The van der Waals surface area contributed by atoms with Crippen LogP contribution in [0.25, 0.3) is 11.1 Å². The smallest absolute Gasteiger partial charge is 0.168 e. The lowest BCUT2D eigenvalue weighted by molar-refractivity contribution is 0.0655. The van der Waals surface area contributed by atoms with E-state index in [4.69, 9.17) is 14.2 Å². The Bertz CT molecular complexity index is 1020. The largest absolute Gasteiger partial charge is 0.497 e. The number of ether oxygens (including phenoxy) is 3. The number of halogens is 3. The summed E-state index contributed by atoms with van der Waals surface area (Å²) in [6.07, 6.45) is 4.54. The summed E-state index contributed by atoms with van der Waals surface area (Å²) in [5.41, 5.74) is 1.91. The Labute approximate surface area is 193 Å². The Morgan fingerprint density at radius 3 is 2.24 bits per heavy atom. The SMILES string of the molecule is C=C(/C=C(/F)C(=C)OCc1ccc(-c2ccc(C3CCC(OC)CC3)c(F)c2F)cc1)OC. The van der Waals surface area contributed by atoms with E-state index < -0.39 is 17.5 Å². The normalized spacial score (nSPS) is 18.6. The molecule has 0 atom stereocenters. The van der Waals surface area contributed by atoms with Crippen LogP contribution in [-0.4, -0.2) is 20.3 Å². The van der Waals surface area contributed by atoms with E-state index >= 15 is 0 Å². The van der Waals surface area contributed by atoms with Crippen LogP contribution in [-0.2, 0) is 20.8 Å². The highest BCUT2D eigenvalue weighted by Gasteiger charge is 2.26. The van der Waals surface area contributed by atoms with Crippen LogP contribution in [0.4, 0.5) is 13.2 Å². The van der Waals surface area contributed by atoms with Gasteiger partial charge in [-0.25, -0.2) is 13.2 Å². The molecule has 0 saturated heterocycles. The van der Waals surface area contributed by atoms with Gasteiger partial charge in [-0.1, -0.05) is 49.6 Å². The number of hydrogen-bond donors (Lipinski definition) is 0. The van der Waals surface area contributed by atoms with Gasteiger partial charge >= 0.3 is 0 Å². The maximum Gasteiger partial charge on any atom is 0.168 e. The van der Waals surface area contributed by atoms with Crippen molar-refractivity contribution in [3.8, 4) is 11.1 Å². The van der Waals surface area contributed by atoms with E-state index in [-0.39, 0.29) is 35.7 Å². The van der Waals surface area contributed by atoms with Gasteiger partial charge in [0.05, 0.1) is 13.2 Å². The van der Waals surface area contributed by atoms with Crippen LogP contribution in [0.15, 0.2) is 73.0 Å². The van der Waals surface area contributed by atoms with Crippen LogP contribution in [0.3, 0.4) is 0 Å². The highest BCUT2D eigenvalue weighted by Crippen LogP contribution is 2.37. The van der Waals surface area contributed by atoms with Gasteiger partial charge < -0.3 is 14.2 Å². The summed E-state index contributed by atoms with van der Waals surface area (Å²) in [6.45, 7) is 7.11. The average molecular weight is 459 g/mol. The fourth-order valence-corrected chi connectivity index (χ4v) is 4.01. The molecule has 0 radical (unpaired) electrons. The van der Waals surface area contributed by atoms with Crippen LogP contribution < -0.4 is 0 Å². The van der Waals surface area contributed by atoms with Gasteiger partial charge in [0.15, 0.2) is 17.5 Å². The molecule has 0 unspecified atom stereocenters. The minimum absolute atomic E-state index is 0.00285. The van der Waals surface area contributed by atoms with Crippen molar-refractivity contribution in [2.45, 2.75) is 44.3 Å². The maximum atomic E-state index is 14.9. The molecule has 0 aliphatic heterocycles. The molecule has 6 heteroatoms. The third-order valence-corrected chi connectivity index (χ3v) is 6.05. The van der Waals surface area contributed by atoms with E-state index in [1.54, 1.807) is 43.5 Å². The van der Waals surface area contributed by atoms with Gasteiger partial charge in [0.25, 0.3) is 0 Å². The summed E-state index contributed by atoms with van der Waals surface area (Å²) in [5, 5.41) is 0. The Kier molecular flexibility index (Phi) is 8.39. The molecule has 1 saturated carbocycles. The number of methoxy groups -OCH3 is 2. The molecule has 33 heavy (non-hydrogen) atoms. The molecule has 1 aliphatic rings. The first-order chi connectivity index (χ1) is 15.8. The molecule has 1 fully saturated rings. The molecular formula is C27H29F3O3. The van der Waals surface area contributed by atoms with Crippen molar-refractivity contribution < 1.29 is 27.4 Å². The summed E-state index contributed by atoms with van der Waals surface area (Å²) in [4.78, 5) is 0. The van der Waals surface area contributed by atoms with Crippen LogP contribution >= 0.6 is 0 Å². The standard InChI is InChI=1S/C27H29F3O3/c1-17(31-3)15-25(28)18(2)33-16-19-5-7-20(8-6-19)23-13-14-24(27(30)26(23)29)21-9-11-22(32-4)12-10-21/h5-8,13-15,21-22H,1-2,9-12,16H2,3-4H3/b25-15+. The second-order valence-corrected chi connectivity index (χ2v) is 8.11. The first-order valence-electron chi connectivity index (χ1n) is 10.9. The van der Waals surface area contributed by atoms with E-state index in [2.05, 4.69) is 13.2 Å². The lowest BCUT2D eigenvalue weighted by Crippen LogP contribution is -2.20. The molecule has 176 valence electrons. The number of allylic oxidation sites excluding steroid dienone is 2. The van der Waals surface area contributed by atoms with Crippen molar-refractivity contribution in [2.75, 3.05) is 14.2 Å². The van der Waals surface area contributed by atoms with Crippen molar-refractivity contribution in [3.63, 3.8) is 0 Å². The van der Waals surface area contributed by atoms with Crippen molar-refractivity contribution >= 4 is 0 Å². The lowest BCUT2D eigenvalue weighted by atomic mass is 9.82. The minimum Gasteiger partial charge on any atom is -0.497 e. The Balaban J connectivity index is 1.67. The van der Waals surface area contributed by atoms with Gasteiger partial charge in [0, 0.05) is 18.7 Å². The van der Waals surface area contributed by atoms with Crippen LogP contribution in [0.1, 0.15) is 42.7 Å². The Morgan fingerprint density at radius 2 is 1.64 bits per heavy atom. The zero-order valence-corrected chi connectivity index (χ0v) is 19.0. The Hall–Kier alpha value is -2.99. The van der Waals surface area contributed by atoms with Gasteiger partial charge in [-0.15, -0.1) is 0 Å². The first kappa shape index (κ1) is 24.6. The molecule has 0 N–H and O–H groups in total. The topological polar surface area (TPSA) is 27.7 Å². The minimum atomic E-state index is -0.843. The van der Waals surface area contributed by atoms with Crippen molar-refractivity contribution in [1.82, 2.24) is 0 Å². The summed E-state index contributed by atoms with van der Waals surface area (Å²) in [6, 6.07) is 10.1. The summed E-state index contributed by atoms with van der Waals surface area (Å²) >= 11 is 0. The molecular weight excluding hydrogens is 429 g/mol. The van der Waals surface area contributed by atoms with E-state index in [0.717, 1.165) is 37.3 Å². The van der Waals surface area contributed by atoms with Gasteiger partial charge in [0.1, 0.15) is 18.1 Å². The van der Waals surface area contributed by atoms with Crippen LogP contribution in [0, 0.1) is 11.6 Å². The molecule has 2 aromatic rings. The lowest BCUT2D eigenvalue weighted by Gasteiger charge is -2.28. The van der Waals surface area contributed by atoms with Gasteiger partial charge in [-0.2, -0.15) is 0 Å². The second-order valence-electron chi connectivity index (χ2n) is 8.11. The van der Waals surface area contributed by atoms with Crippen LogP contribution in [0.5, 0.6) is 0 Å². The van der Waals surface area contributed by atoms with Gasteiger partial charge in [0.2, 0.25) is 0 Å². The summed E-state index contributed by atoms with van der Waals surface area (Å²) < 4.78 is 59.2. The monoisotopic (exact) mass is 458 g/mol. The van der Waals surface area contributed by atoms with Crippen LogP contribution in [0.2, 0.25) is 0 Å². The van der Waals surface area contributed by atoms with Gasteiger partial charge in [-0.05, 0) is 48.3 Å². The molecule has 2 aromatic carbocycles. The van der Waals surface area contributed by atoms with E-state index in [9.17, 15) is 13.2 Å². The van der Waals surface area contributed by atoms with E-state index in [0.29, 0.717) is 11.1 Å². The number of benzene rings is 2. The highest BCUT2D eigenvalue weighted by molar-refractivity contribution is 5.65. The first-order valence-corrected chi connectivity index (χ1v) is 10.9. The molecule has 0 heterocycles. The van der Waals surface area contributed by atoms with Crippen molar-refractivity contribution in [2.24, 2.45) is 0 Å². The molecule has 3 nitrogen and oxygen atoms in total. The number of rotatable bonds is 9. The predicted molar refractivity (Wildman–Crippen MR) is 123 cm³/mol. The maximum absolute atomic E-state index is 14.9. The molecule has 0 spiro atoms. The second kappa shape index (κ2) is 11.2. The van der Waals surface area contributed by atoms with E-state index in [1.165, 1.54) is 7.11 Å². The predicted octanol–water partition coefficient (Wildman–Crippen LogP) is 7.35. The Morgan fingerprint density at radius 1 is 0.970 bits per heavy atom. The zero-order chi connectivity index (χ0) is 24.0. The van der Waals surface area contributed by atoms with E-state index in [1.807, 2.05) is 0 Å². The van der Waals surface area contributed by atoms with Crippen molar-refractivity contribution in [1.29, 1.82) is 0 Å². The molecule has 1 aliphatic carbocycles.